The Morgan fingerprint density at radius 3 is 2.96 bits per heavy atom. The second kappa shape index (κ2) is 9.57. The van der Waals surface area contributed by atoms with Gasteiger partial charge in [-0.05, 0) is 24.1 Å². The first-order chi connectivity index (χ1) is 13.5. The number of morpholine rings is 1. The molecule has 0 unspecified atom stereocenters. The molecule has 28 heavy (non-hydrogen) atoms. The second-order valence-electron chi connectivity index (χ2n) is 6.34. The molecule has 1 aliphatic heterocycles. The largest absolute Gasteiger partial charge is 0.378 e. The molecule has 3 rings (SSSR count). The topological polar surface area (TPSA) is 79.7 Å². The van der Waals surface area contributed by atoms with Gasteiger partial charge in [-0.2, -0.15) is 10.1 Å². The van der Waals surface area contributed by atoms with Crippen molar-refractivity contribution in [1.29, 1.82) is 0 Å². The summed E-state index contributed by atoms with van der Waals surface area (Å²) < 4.78 is 19.3. The summed E-state index contributed by atoms with van der Waals surface area (Å²) in [6, 6.07) is 5.54. The second-order valence-corrected chi connectivity index (χ2v) is 6.75. The molecule has 2 aromatic rings. The number of aryl methyl sites for hydroxylation is 1. The fourth-order valence-corrected chi connectivity index (χ4v) is 3.11. The molecule has 1 fully saturated rings. The van der Waals surface area contributed by atoms with Crippen LogP contribution < -0.4 is 10.3 Å². The van der Waals surface area contributed by atoms with Crippen molar-refractivity contribution in [2.45, 2.75) is 19.8 Å². The van der Waals surface area contributed by atoms with Crippen LogP contribution in [0.15, 0.2) is 29.5 Å². The summed E-state index contributed by atoms with van der Waals surface area (Å²) in [7, 11) is 0. The van der Waals surface area contributed by atoms with E-state index in [0.717, 1.165) is 17.3 Å². The number of rotatable bonds is 7. The van der Waals surface area contributed by atoms with E-state index in [0.29, 0.717) is 31.3 Å². The average Bonchev–Trinajstić information content (AvgIpc) is 2.70. The van der Waals surface area contributed by atoms with Gasteiger partial charge in [-0.1, -0.05) is 23.7 Å². The van der Waals surface area contributed by atoms with E-state index in [1.165, 1.54) is 6.21 Å². The van der Waals surface area contributed by atoms with Crippen molar-refractivity contribution in [2.24, 2.45) is 5.10 Å². The van der Waals surface area contributed by atoms with Gasteiger partial charge in [0.25, 0.3) is 0 Å². The number of anilines is 2. The van der Waals surface area contributed by atoms with Gasteiger partial charge in [-0.25, -0.2) is 14.8 Å². The number of hydrogen-bond donors (Lipinski definition) is 1. The van der Waals surface area contributed by atoms with E-state index in [1.807, 2.05) is 19.1 Å². The number of nitrogens with one attached hydrogen (secondary N) is 1. The van der Waals surface area contributed by atoms with Gasteiger partial charge in [0, 0.05) is 37.2 Å². The highest BCUT2D eigenvalue weighted by Crippen LogP contribution is 2.21. The number of hydrogen-bond acceptors (Lipinski definition) is 7. The Morgan fingerprint density at radius 1 is 1.43 bits per heavy atom. The molecule has 7 nitrogen and oxygen atoms in total. The third-order valence-corrected chi connectivity index (χ3v) is 4.69. The first-order valence-corrected chi connectivity index (χ1v) is 9.31. The van der Waals surface area contributed by atoms with E-state index in [4.69, 9.17) is 16.3 Å². The maximum Gasteiger partial charge on any atom is 0.245 e. The minimum atomic E-state index is -0.498. The molecule has 1 N–H and O–H groups in total. The maximum atomic E-state index is 14.0. The van der Waals surface area contributed by atoms with Crippen LogP contribution in [0.3, 0.4) is 0 Å². The van der Waals surface area contributed by atoms with Crippen LogP contribution in [0.2, 0.25) is 5.02 Å². The number of aromatic nitrogens is 2. The highest BCUT2D eigenvalue weighted by molar-refractivity contribution is 6.31. The van der Waals surface area contributed by atoms with Crippen molar-refractivity contribution < 1.29 is 13.9 Å². The molecule has 9 heteroatoms. The summed E-state index contributed by atoms with van der Waals surface area (Å²) >= 11 is 6.15. The van der Waals surface area contributed by atoms with Crippen molar-refractivity contribution in [3.05, 3.63) is 46.4 Å². The fraction of sp³-hybridized carbons (Fsp3) is 0.368. The zero-order valence-corrected chi connectivity index (χ0v) is 16.2. The van der Waals surface area contributed by atoms with Crippen LogP contribution in [0.25, 0.3) is 0 Å². The molecule has 2 heterocycles. The smallest absolute Gasteiger partial charge is 0.245 e. The number of ether oxygens (including phenoxy) is 1. The molecular weight excluding hydrogens is 385 g/mol. The first-order valence-electron chi connectivity index (χ1n) is 8.93. The Morgan fingerprint density at radius 2 is 2.21 bits per heavy atom. The number of carbonyl (C=O) groups excluding carboxylic acids is 1. The molecule has 1 aromatic heterocycles. The van der Waals surface area contributed by atoms with Crippen LogP contribution >= 0.6 is 11.6 Å². The van der Waals surface area contributed by atoms with Gasteiger partial charge in [0.1, 0.15) is 5.78 Å². The van der Waals surface area contributed by atoms with Gasteiger partial charge in [0.05, 0.1) is 19.4 Å². The zero-order chi connectivity index (χ0) is 19.9. The highest BCUT2D eigenvalue weighted by atomic mass is 35.5. The van der Waals surface area contributed by atoms with Crippen LogP contribution in [0.4, 0.5) is 16.2 Å². The van der Waals surface area contributed by atoms with Gasteiger partial charge in [-0.15, -0.1) is 0 Å². The third kappa shape index (κ3) is 5.24. The van der Waals surface area contributed by atoms with E-state index in [-0.39, 0.29) is 30.4 Å². The van der Waals surface area contributed by atoms with Crippen molar-refractivity contribution in [3.63, 3.8) is 0 Å². The van der Waals surface area contributed by atoms with Crippen molar-refractivity contribution in [2.75, 3.05) is 36.6 Å². The number of halogens is 2. The Kier molecular flexibility index (Phi) is 6.89. The molecular formula is C19H21ClFN5O2. The minimum absolute atomic E-state index is 0.0178. The third-order valence-electron chi connectivity index (χ3n) is 4.34. The van der Waals surface area contributed by atoms with E-state index in [1.54, 1.807) is 11.0 Å². The number of hydrazone groups is 1. The van der Waals surface area contributed by atoms with Crippen LogP contribution in [-0.4, -0.2) is 48.3 Å². The molecule has 0 aliphatic carbocycles. The molecule has 0 spiro atoms. The molecule has 0 atom stereocenters. The number of Topliss-reactive ketones (excluding diaryl/α,β-unsaturated/α-hetero) is 1. The molecule has 0 radical (unpaired) electrons. The van der Waals surface area contributed by atoms with E-state index >= 15 is 0 Å². The van der Waals surface area contributed by atoms with Gasteiger partial charge in [-0.3, -0.25) is 4.79 Å². The summed E-state index contributed by atoms with van der Waals surface area (Å²) in [4.78, 5) is 22.0. The fourth-order valence-electron chi connectivity index (χ4n) is 2.82. The Bertz CT molecular complexity index is 851. The molecule has 1 aliphatic rings. The lowest BCUT2D eigenvalue weighted by atomic mass is 10.0. The Balaban J connectivity index is 1.55. The van der Waals surface area contributed by atoms with Crippen LogP contribution in [-0.2, 0) is 16.0 Å². The van der Waals surface area contributed by atoms with Crippen LogP contribution in [0, 0.1) is 12.7 Å². The summed E-state index contributed by atoms with van der Waals surface area (Å²) in [5, 5.41) is 4.55. The number of carbonyl (C=O) groups is 1. The van der Waals surface area contributed by atoms with Crippen molar-refractivity contribution in [1.82, 2.24) is 9.97 Å². The average molecular weight is 406 g/mol. The number of ketones is 1. The Hall–Kier alpha value is -2.58. The summed E-state index contributed by atoms with van der Waals surface area (Å²) in [6.07, 6.45) is 2.91. The summed E-state index contributed by atoms with van der Waals surface area (Å²) in [6.45, 7) is 4.09. The predicted molar refractivity (Wildman–Crippen MR) is 107 cm³/mol. The number of nitrogens with zero attached hydrogens (tertiary/aromatic N) is 4. The molecule has 1 aromatic carbocycles. The lowest BCUT2D eigenvalue weighted by Gasteiger charge is -2.27. The molecule has 1 saturated heterocycles. The predicted octanol–water partition coefficient (Wildman–Crippen LogP) is 3.01. The van der Waals surface area contributed by atoms with Crippen molar-refractivity contribution in [3.8, 4) is 0 Å². The monoisotopic (exact) mass is 405 g/mol. The standard InChI is InChI=1S/C19H21ClFN5O2/c1-13-3-2-4-16(20)15(13)11-14(27)5-6-23-25-19-22-12-17(21)18(24-19)26-7-9-28-10-8-26/h2-4,6,12H,5,7-11H2,1H3,(H,22,24,25)/b23-6+. The normalized spacial score (nSPS) is 14.5. The van der Waals surface area contributed by atoms with E-state index < -0.39 is 5.82 Å². The minimum Gasteiger partial charge on any atom is -0.378 e. The van der Waals surface area contributed by atoms with Crippen LogP contribution in [0.5, 0.6) is 0 Å². The van der Waals surface area contributed by atoms with Crippen molar-refractivity contribution >= 4 is 35.4 Å². The highest BCUT2D eigenvalue weighted by Gasteiger charge is 2.17. The van der Waals surface area contributed by atoms with Gasteiger partial charge in [0.2, 0.25) is 5.95 Å². The zero-order valence-electron chi connectivity index (χ0n) is 15.5. The SMILES string of the molecule is Cc1cccc(Cl)c1CC(=O)C/C=N/Nc1ncc(F)c(N2CCOCC2)n1. The first kappa shape index (κ1) is 20.2. The van der Waals surface area contributed by atoms with Crippen LogP contribution in [0.1, 0.15) is 17.5 Å². The molecule has 0 saturated carbocycles. The molecule has 0 amide bonds. The van der Waals surface area contributed by atoms with Gasteiger partial charge < -0.3 is 9.64 Å². The Labute approximate surface area is 167 Å². The van der Waals surface area contributed by atoms with E-state index in [2.05, 4.69) is 20.5 Å². The number of benzene rings is 1. The van der Waals surface area contributed by atoms with E-state index in [9.17, 15) is 9.18 Å². The van der Waals surface area contributed by atoms with Gasteiger partial charge >= 0.3 is 0 Å². The summed E-state index contributed by atoms with van der Waals surface area (Å²) in [5.74, 6) is -0.146. The lowest BCUT2D eigenvalue weighted by Crippen LogP contribution is -2.37. The van der Waals surface area contributed by atoms with Gasteiger partial charge in [0.15, 0.2) is 11.6 Å². The quantitative estimate of drug-likeness (QED) is 0.563. The lowest BCUT2D eigenvalue weighted by molar-refractivity contribution is -0.117. The molecule has 148 valence electrons. The molecule has 0 bridgehead atoms. The maximum absolute atomic E-state index is 14.0. The summed E-state index contributed by atoms with van der Waals surface area (Å²) in [5.41, 5.74) is 4.44.